The van der Waals surface area contributed by atoms with Gasteiger partial charge in [0.15, 0.2) is 0 Å². The van der Waals surface area contributed by atoms with Gasteiger partial charge in [-0.3, -0.25) is 14.6 Å². The van der Waals surface area contributed by atoms with Crippen LogP contribution in [0.4, 0.5) is 17.5 Å². The topological polar surface area (TPSA) is 162 Å². The number of amides is 2. The molecule has 0 aliphatic carbocycles. The highest BCUT2D eigenvalue weighted by molar-refractivity contribution is 7.19. The number of fused-ring (bicyclic) bond motifs is 7. The van der Waals surface area contributed by atoms with Gasteiger partial charge in [0.05, 0.1) is 30.4 Å². The highest BCUT2D eigenvalue weighted by Crippen LogP contribution is 2.39. The highest BCUT2D eigenvalue weighted by atomic mass is 32.1. The number of rotatable bonds is 4. The largest absolute Gasteiger partial charge is 0.383 e. The average molecular weight is 779 g/mol. The maximum absolute atomic E-state index is 13.1. The minimum Gasteiger partial charge on any atom is -0.383 e. The molecule has 286 valence electrons. The fourth-order valence-electron chi connectivity index (χ4n) is 8.56. The molecule has 3 N–H and O–H groups in total. The molecule has 5 aliphatic rings. The number of carbonyl (C=O) groups is 2. The lowest BCUT2D eigenvalue weighted by molar-refractivity contribution is -0.138. The summed E-state index contributed by atoms with van der Waals surface area (Å²) in [4.78, 5) is 65.3. The quantitative estimate of drug-likeness (QED) is 0.265. The van der Waals surface area contributed by atoms with Gasteiger partial charge in [0.25, 0.3) is 0 Å². The zero-order valence-corrected chi connectivity index (χ0v) is 33.0. The second-order valence-electron chi connectivity index (χ2n) is 15.4. The van der Waals surface area contributed by atoms with Gasteiger partial charge in [-0.05, 0) is 96.0 Å². The van der Waals surface area contributed by atoms with Crippen molar-refractivity contribution in [2.45, 2.75) is 58.2 Å². The van der Waals surface area contributed by atoms with E-state index in [-0.39, 0.29) is 11.8 Å². The number of nitrogens with one attached hydrogen (secondary N) is 1. The van der Waals surface area contributed by atoms with Crippen molar-refractivity contribution >= 4 is 78.6 Å². The lowest BCUT2D eigenvalue weighted by Gasteiger charge is -2.34. The molecule has 0 bridgehead atoms. The van der Waals surface area contributed by atoms with E-state index in [2.05, 4.69) is 64.0 Å². The number of likely N-dealkylation sites (tertiary alicyclic amines) is 2. The number of hydrogen-bond acceptors (Lipinski definition) is 14. The third-order valence-electron chi connectivity index (χ3n) is 11.8. The Kier molecular flexibility index (Phi) is 9.91. The Morgan fingerprint density at radius 2 is 1.31 bits per heavy atom. The van der Waals surface area contributed by atoms with Crippen LogP contribution >= 0.6 is 22.7 Å². The molecule has 5 aromatic rings. The molecule has 2 amide bonds. The molecule has 55 heavy (non-hydrogen) atoms. The van der Waals surface area contributed by atoms with Crippen molar-refractivity contribution in [1.29, 1.82) is 0 Å². The summed E-state index contributed by atoms with van der Waals surface area (Å²) in [6.45, 7) is 7.65. The van der Waals surface area contributed by atoms with E-state index in [9.17, 15) is 9.59 Å². The molecule has 5 aromatic heterocycles. The standard InChI is InChI=1S/C23H25N7OS.C16H21N5OS/c1-29-5-2-14(3-6-29)23(31)30-7-4-17-18(12-30)32-22-20(17)21(26-13-27-22)28-19-8-15-9-24-10-16(15)11-25-19;1-20-5-2-10(3-6-20)16(22)21-7-4-11-12(8-21)23-15-13(11)14(17)18-9-19-15/h8-9,11,13-14H,2-7,10,12H2,1H3,(H,25,26,27,28);9-10H,2-8H2,1H3,(H2,17,18,19). The molecule has 14 nitrogen and oxygen atoms in total. The van der Waals surface area contributed by atoms with Crippen LogP contribution < -0.4 is 11.1 Å². The first-order valence-electron chi connectivity index (χ1n) is 19.3. The molecule has 10 rings (SSSR count). The van der Waals surface area contributed by atoms with Crippen LogP contribution in [0.3, 0.4) is 0 Å². The summed E-state index contributed by atoms with van der Waals surface area (Å²) in [5.41, 5.74) is 10.8. The summed E-state index contributed by atoms with van der Waals surface area (Å²) in [6.07, 6.45) is 12.4. The monoisotopic (exact) mass is 778 g/mol. The van der Waals surface area contributed by atoms with E-state index in [0.29, 0.717) is 37.3 Å². The van der Waals surface area contributed by atoms with Crippen molar-refractivity contribution in [1.82, 2.24) is 44.5 Å². The first kappa shape index (κ1) is 36.0. The summed E-state index contributed by atoms with van der Waals surface area (Å²) >= 11 is 3.33. The van der Waals surface area contributed by atoms with Gasteiger partial charge in [-0.2, -0.15) is 0 Å². The van der Waals surface area contributed by atoms with Crippen LogP contribution in [0, 0.1) is 11.8 Å². The molecule has 16 heteroatoms. The average Bonchev–Trinajstić information content (AvgIpc) is 3.93. The SMILES string of the molecule is CN1CCC(C(=O)N2CCc3c(sc4ncnc(N)c34)C2)CC1.CN1CCC(C(=O)N2CCc3c(sc4ncnc(Nc5cc6c(cn5)CN=C6)c34)C2)CC1. The number of aliphatic imine (C=N–C) groups is 1. The maximum atomic E-state index is 13.1. The Bertz CT molecular complexity index is 2290. The van der Waals surface area contributed by atoms with E-state index in [0.717, 1.165) is 121 Å². The van der Waals surface area contributed by atoms with Crippen LogP contribution in [-0.4, -0.2) is 116 Å². The number of carbonyl (C=O) groups excluding carboxylic acids is 2. The van der Waals surface area contributed by atoms with Gasteiger partial charge < -0.3 is 30.7 Å². The number of aromatic nitrogens is 5. The zero-order valence-electron chi connectivity index (χ0n) is 31.3. The highest BCUT2D eigenvalue weighted by Gasteiger charge is 2.33. The van der Waals surface area contributed by atoms with Crippen LogP contribution in [0.15, 0.2) is 29.9 Å². The molecule has 10 heterocycles. The maximum Gasteiger partial charge on any atom is 0.226 e. The minimum absolute atomic E-state index is 0.161. The van der Waals surface area contributed by atoms with Crippen molar-refractivity contribution in [2.24, 2.45) is 16.8 Å². The van der Waals surface area contributed by atoms with Crippen molar-refractivity contribution in [2.75, 3.05) is 64.4 Å². The van der Waals surface area contributed by atoms with Gasteiger partial charge in [-0.15, -0.1) is 22.7 Å². The lowest BCUT2D eigenvalue weighted by atomic mass is 9.94. The Labute approximate surface area is 327 Å². The van der Waals surface area contributed by atoms with E-state index in [1.807, 2.05) is 23.4 Å². The van der Waals surface area contributed by atoms with Crippen LogP contribution in [-0.2, 0) is 42.1 Å². The first-order valence-corrected chi connectivity index (χ1v) is 20.9. The first-order chi connectivity index (χ1) is 26.8. The van der Waals surface area contributed by atoms with Crippen LogP contribution in [0.2, 0.25) is 0 Å². The second kappa shape index (κ2) is 15.1. The Morgan fingerprint density at radius 3 is 1.93 bits per heavy atom. The molecule has 0 unspecified atom stereocenters. The normalized spacial score (nSPS) is 19.2. The summed E-state index contributed by atoms with van der Waals surface area (Å²) in [5.74, 6) is 3.08. The molecule has 0 atom stereocenters. The number of nitrogen functional groups attached to an aromatic ring is 1. The van der Waals surface area contributed by atoms with E-state index in [4.69, 9.17) is 5.73 Å². The van der Waals surface area contributed by atoms with Gasteiger partial charge in [0.1, 0.15) is 39.8 Å². The van der Waals surface area contributed by atoms with Crippen LogP contribution in [0.5, 0.6) is 0 Å². The van der Waals surface area contributed by atoms with Crippen LogP contribution in [0.1, 0.15) is 57.7 Å². The molecular formula is C39H46N12O2S2. The Balaban J connectivity index is 0.000000153. The number of nitrogens with two attached hydrogens (primary N) is 1. The molecular weight excluding hydrogens is 733 g/mol. The number of nitrogens with zero attached hydrogens (tertiary/aromatic N) is 10. The number of hydrogen-bond donors (Lipinski definition) is 2. The van der Waals surface area contributed by atoms with Gasteiger partial charge >= 0.3 is 0 Å². The van der Waals surface area contributed by atoms with E-state index >= 15 is 0 Å². The van der Waals surface area contributed by atoms with Gasteiger partial charge in [0, 0.05) is 58.2 Å². The molecule has 0 spiro atoms. The Hall–Kier alpha value is -4.64. The predicted molar refractivity (Wildman–Crippen MR) is 217 cm³/mol. The van der Waals surface area contributed by atoms with Crippen molar-refractivity contribution in [3.05, 3.63) is 56.9 Å². The van der Waals surface area contributed by atoms with Crippen molar-refractivity contribution in [3.8, 4) is 0 Å². The number of anilines is 3. The predicted octanol–water partition coefficient (Wildman–Crippen LogP) is 4.49. The summed E-state index contributed by atoms with van der Waals surface area (Å²) in [6, 6.07) is 2.01. The summed E-state index contributed by atoms with van der Waals surface area (Å²) in [7, 11) is 4.25. The van der Waals surface area contributed by atoms with E-state index in [1.165, 1.54) is 27.2 Å². The number of thiophene rings is 2. The van der Waals surface area contributed by atoms with Crippen molar-refractivity contribution in [3.63, 3.8) is 0 Å². The van der Waals surface area contributed by atoms with Gasteiger partial charge in [0.2, 0.25) is 11.8 Å². The number of piperidine rings is 2. The second-order valence-corrected chi connectivity index (χ2v) is 17.6. The minimum atomic E-state index is 0.161. The zero-order chi connectivity index (χ0) is 37.6. The molecule has 2 fully saturated rings. The van der Waals surface area contributed by atoms with Gasteiger partial charge in [-0.25, -0.2) is 24.9 Å². The lowest BCUT2D eigenvalue weighted by Crippen LogP contribution is -2.43. The molecule has 2 saturated heterocycles. The van der Waals surface area contributed by atoms with Crippen LogP contribution in [0.25, 0.3) is 20.4 Å². The molecule has 5 aliphatic heterocycles. The fourth-order valence-corrected chi connectivity index (χ4v) is 11.0. The fraction of sp³-hybridized carbons (Fsp3) is 0.487. The van der Waals surface area contributed by atoms with Crippen molar-refractivity contribution < 1.29 is 9.59 Å². The third kappa shape index (κ3) is 7.16. The smallest absolute Gasteiger partial charge is 0.226 e. The van der Waals surface area contributed by atoms with E-state index in [1.54, 1.807) is 29.0 Å². The third-order valence-corrected chi connectivity index (χ3v) is 14.1. The Morgan fingerprint density at radius 1 is 0.745 bits per heavy atom. The summed E-state index contributed by atoms with van der Waals surface area (Å²) < 4.78 is 0. The van der Waals surface area contributed by atoms with E-state index < -0.39 is 0 Å². The number of pyridine rings is 1. The molecule has 0 aromatic carbocycles. The van der Waals surface area contributed by atoms with Gasteiger partial charge in [-0.1, -0.05) is 0 Å². The molecule has 0 saturated carbocycles. The molecule has 0 radical (unpaired) electrons. The summed E-state index contributed by atoms with van der Waals surface area (Å²) in [5, 5.41) is 5.46.